The summed E-state index contributed by atoms with van der Waals surface area (Å²) >= 11 is 0. The molecule has 1 atom stereocenters. The molecule has 0 saturated heterocycles. The van der Waals surface area contributed by atoms with E-state index in [2.05, 4.69) is 51.1 Å². The van der Waals surface area contributed by atoms with Gasteiger partial charge in [-0.2, -0.15) is 0 Å². The third-order valence-electron chi connectivity index (χ3n) is 4.58. The Bertz CT molecular complexity index is 920. The van der Waals surface area contributed by atoms with Crippen molar-refractivity contribution >= 4 is 23.8 Å². The van der Waals surface area contributed by atoms with Gasteiger partial charge in [-0.1, -0.05) is 112 Å². The van der Waals surface area contributed by atoms with Gasteiger partial charge in [0.25, 0.3) is 0 Å². The Kier molecular flexibility index (Phi) is 5.30. The molecule has 0 spiro atoms. The van der Waals surface area contributed by atoms with E-state index in [1.54, 1.807) is 0 Å². The third-order valence-corrected chi connectivity index (χ3v) is 8.56. The van der Waals surface area contributed by atoms with E-state index >= 15 is 0 Å². The summed E-state index contributed by atoms with van der Waals surface area (Å²) in [5.74, 6) is 0. The van der Waals surface area contributed by atoms with Gasteiger partial charge >= 0.3 is 0 Å². The highest BCUT2D eigenvalue weighted by Crippen LogP contribution is 2.66. The van der Waals surface area contributed by atoms with Crippen LogP contribution in [0.25, 0.3) is 11.4 Å². The molecule has 3 aromatic rings. The van der Waals surface area contributed by atoms with Gasteiger partial charge in [-0.3, -0.25) is 0 Å². The predicted octanol–water partition coefficient (Wildman–Crippen LogP) is 6.67. The monoisotopic (exact) mass is 360 g/mol. The Hall–Kier alpha value is -2.37. The van der Waals surface area contributed by atoms with Crippen molar-refractivity contribution in [2.75, 3.05) is 0 Å². The van der Waals surface area contributed by atoms with Crippen molar-refractivity contribution in [1.29, 1.82) is 0 Å². The molecular formula is C24H25OP. The Morgan fingerprint density at radius 3 is 1.69 bits per heavy atom. The van der Waals surface area contributed by atoms with E-state index in [1.165, 1.54) is 0 Å². The van der Waals surface area contributed by atoms with Gasteiger partial charge in [0, 0.05) is 15.8 Å². The standard InChI is InChI=1S/C24H25OP/c1-24(2,3)26(25,22-17-11-6-12-18-22)23(21-15-9-5-10-16-21)19-20-13-7-4-8-14-20/h4-19H,1-3H3/b23-19+/t26-/m1/s1. The van der Waals surface area contributed by atoms with E-state index in [0.717, 1.165) is 21.7 Å². The maximum Gasteiger partial charge on any atom is 0.148 e. The summed E-state index contributed by atoms with van der Waals surface area (Å²) in [6.45, 7) is 6.22. The summed E-state index contributed by atoms with van der Waals surface area (Å²) in [5.41, 5.74) is 2.07. The molecule has 0 aliphatic heterocycles. The molecule has 0 aliphatic carbocycles. The van der Waals surface area contributed by atoms with Crippen LogP contribution in [0.2, 0.25) is 0 Å². The second kappa shape index (κ2) is 7.48. The maximum atomic E-state index is 14.7. The highest BCUT2D eigenvalue weighted by atomic mass is 31.2. The molecule has 0 fully saturated rings. The van der Waals surface area contributed by atoms with Gasteiger partial charge < -0.3 is 4.57 Å². The summed E-state index contributed by atoms with van der Waals surface area (Å²) in [5, 5.41) is 1.41. The van der Waals surface area contributed by atoms with Crippen LogP contribution < -0.4 is 5.30 Å². The van der Waals surface area contributed by atoms with Crippen LogP contribution in [0.4, 0.5) is 0 Å². The smallest absolute Gasteiger partial charge is 0.148 e. The van der Waals surface area contributed by atoms with E-state index in [9.17, 15) is 4.57 Å². The van der Waals surface area contributed by atoms with Gasteiger partial charge in [-0.15, -0.1) is 0 Å². The fourth-order valence-corrected chi connectivity index (χ4v) is 6.41. The molecule has 0 aromatic heterocycles. The predicted molar refractivity (Wildman–Crippen MR) is 114 cm³/mol. The second-order valence-corrected chi connectivity index (χ2v) is 11.0. The van der Waals surface area contributed by atoms with E-state index in [1.807, 2.05) is 66.7 Å². The van der Waals surface area contributed by atoms with Gasteiger partial charge in [0.15, 0.2) is 0 Å². The fourth-order valence-electron chi connectivity index (χ4n) is 3.20. The normalized spacial score (nSPS) is 14.7. The molecule has 0 radical (unpaired) electrons. The van der Waals surface area contributed by atoms with Crippen molar-refractivity contribution in [3.8, 4) is 0 Å². The molecule has 2 heteroatoms. The first-order chi connectivity index (χ1) is 12.4. The molecule has 132 valence electrons. The van der Waals surface area contributed by atoms with Gasteiger partial charge in [-0.05, 0) is 17.2 Å². The SMILES string of the molecule is CC(C)(C)[P@](=O)(/C(=C/c1ccccc1)c1ccccc1)c1ccccc1. The highest BCUT2D eigenvalue weighted by molar-refractivity contribution is 7.82. The molecule has 3 aromatic carbocycles. The number of hydrogen-bond donors (Lipinski definition) is 0. The van der Waals surface area contributed by atoms with E-state index in [-0.39, 0.29) is 0 Å². The summed E-state index contributed by atoms with van der Waals surface area (Å²) < 4.78 is 14.7. The van der Waals surface area contributed by atoms with E-state index < -0.39 is 12.3 Å². The van der Waals surface area contributed by atoms with Gasteiger partial charge in [0.2, 0.25) is 0 Å². The van der Waals surface area contributed by atoms with Gasteiger partial charge in [-0.25, -0.2) is 0 Å². The Balaban J connectivity index is 2.32. The zero-order valence-corrected chi connectivity index (χ0v) is 16.5. The molecule has 3 rings (SSSR count). The van der Waals surface area contributed by atoms with Crippen molar-refractivity contribution in [1.82, 2.24) is 0 Å². The fraction of sp³-hybridized carbons (Fsp3) is 0.167. The number of rotatable bonds is 4. The van der Waals surface area contributed by atoms with Crippen molar-refractivity contribution in [2.45, 2.75) is 25.9 Å². The second-order valence-electron chi connectivity index (χ2n) is 7.42. The van der Waals surface area contributed by atoms with Crippen LogP contribution in [-0.2, 0) is 4.57 Å². The maximum absolute atomic E-state index is 14.7. The van der Waals surface area contributed by atoms with E-state index in [0.29, 0.717) is 0 Å². The Labute approximate surface area is 156 Å². The summed E-state index contributed by atoms with van der Waals surface area (Å²) in [7, 11) is -2.89. The first-order valence-electron chi connectivity index (χ1n) is 8.91. The summed E-state index contributed by atoms with van der Waals surface area (Å²) in [6, 6.07) is 30.2. The van der Waals surface area contributed by atoms with E-state index in [4.69, 9.17) is 0 Å². The molecule has 26 heavy (non-hydrogen) atoms. The molecule has 0 N–H and O–H groups in total. The van der Waals surface area contributed by atoms with Gasteiger partial charge in [0.1, 0.15) is 7.14 Å². The molecule has 0 unspecified atom stereocenters. The van der Waals surface area contributed by atoms with Crippen molar-refractivity contribution in [3.05, 3.63) is 102 Å². The lowest BCUT2D eigenvalue weighted by molar-refractivity contribution is 0.564. The minimum Gasteiger partial charge on any atom is -0.313 e. The lowest BCUT2D eigenvalue weighted by atomic mass is 10.1. The molecule has 0 bridgehead atoms. The number of hydrogen-bond acceptors (Lipinski definition) is 1. The minimum absolute atomic E-state index is 0.398. The Morgan fingerprint density at radius 2 is 1.19 bits per heavy atom. The molecule has 0 heterocycles. The topological polar surface area (TPSA) is 17.1 Å². The third kappa shape index (κ3) is 3.59. The zero-order chi connectivity index (χ0) is 18.6. The number of benzene rings is 3. The molecular weight excluding hydrogens is 335 g/mol. The van der Waals surface area contributed by atoms with Gasteiger partial charge in [0.05, 0.1) is 0 Å². The van der Waals surface area contributed by atoms with Crippen molar-refractivity contribution in [2.24, 2.45) is 0 Å². The molecule has 0 aliphatic rings. The minimum atomic E-state index is -2.89. The van der Waals surface area contributed by atoms with Crippen LogP contribution in [0, 0.1) is 0 Å². The molecule has 1 nitrogen and oxygen atoms in total. The average Bonchev–Trinajstić information content (AvgIpc) is 2.67. The summed E-state index contributed by atoms with van der Waals surface area (Å²) in [6.07, 6.45) is 2.09. The largest absolute Gasteiger partial charge is 0.313 e. The first kappa shape index (κ1) is 18.4. The van der Waals surface area contributed by atoms with Crippen molar-refractivity contribution in [3.63, 3.8) is 0 Å². The van der Waals surface area contributed by atoms with Crippen LogP contribution in [0.5, 0.6) is 0 Å². The molecule has 0 saturated carbocycles. The van der Waals surface area contributed by atoms with Crippen LogP contribution in [-0.4, -0.2) is 5.16 Å². The van der Waals surface area contributed by atoms with Crippen molar-refractivity contribution < 1.29 is 4.57 Å². The quantitative estimate of drug-likeness (QED) is 0.375. The van der Waals surface area contributed by atoms with Crippen LogP contribution in [0.3, 0.4) is 0 Å². The lowest BCUT2D eigenvalue weighted by Crippen LogP contribution is -2.24. The van der Waals surface area contributed by atoms with Crippen LogP contribution in [0.15, 0.2) is 91.0 Å². The average molecular weight is 360 g/mol. The molecule has 0 amide bonds. The Morgan fingerprint density at radius 1 is 0.731 bits per heavy atom. The van der Waals surface area contributed by atoms with Crippen LogP contribution in [0.1, 0.15) is 31.9 Å². The van der Waals surface area contributed by atoms with Crippen LogP contribution >= 0.6 is 7.14 Å². The first-order valence-corrected chi connectivity index (χ1v) is 10.6. The summed E-state index contributed by atoms with van der Waals surface area (Å²) in [4.78, 5) is 0. The zero-order valence-electron chi connectivity index (χ0n) is 15.6. The highest BCUT2D eigenvalue weighted by Gasteiger charge is 2.41. The lowest BCUT2D eigenvalue weighted by Gasteiger charge is -2.34.